The van der Waals surface area contributed by atoms with Gasteiger partial charge in [0.1, 0.15) is 5.82 Å². The van der Waals surface area contributed by atoms with Gasteiger partial charge < -0.3 is 14.8 Å². The number of rotatable bonds is 4. The van der Waals surface area contributed by atoms with Gasteiger partial charge in [-0.2, -0.15) is 13.2 Å². The molecule has 0 unspecified atom stereocenters. The van der Waals surface area contributed by atoms with E-state index in [-0.39, 0.29) is 24.0 Å². The summed E-state index contributed by atoms with van der Waals surface area (Å²) in [6.45, 7) is 2.74. The fraction of sp³-hybridized carbons (Fsp3) is 0.438. The Balaban J connectivity index is 0.00000338. The molecule has 0 saturated heterocycles. The van der Waals surface area contributed by atoms with Crippen LogP contribution in [0.15, 0.2) is 29.3 Å². The number of guanidine groups is 1. The molecular weight excluding hydrogens is 460 g/mol. The highest BCUT2D eigenvalue weighted by molar-refractivity contribution is 14.0. The van der Waals surface area contributed by atoms with Gasteiger partial charge in [-0.15, -0.1) is 34.2 Å². The second-order valence-corrected chi connectivity index (χ2v) is 5.67. The largest absolute Gasteiger partial charge is 0.416 e. The van der Waals surface area contributed by atoms with Crippen LogP contribution in [0, 0.1) is 6.92 Å². The van der Waals surface area contributed by atoms with E-state index in [1.54, 1.807) is 7.05 Å². The fourth-order valence-electron chi connectivity index (χ4n) is 2.30. The Morgan fingerprint density at radius 3 is 2.31 bits per heavy atom. The minimum Gasteiger partial charge on any atom is -0.349 e. The van der Waals surface area contributed by atoms with E-state index in [1.807, 2.05) is 30.5 Å². The van der Waals surface area contributed by atoms with E-state index in [2.05, 4.69) is 20.5 Å². The molecule has 0 spiro atoms. The van der Waals surface area contributed by atoms with Crippen molar-refractivity contribution >= 4 is 29.9 Å². The lowest BCUT2D eigenvalue weighted by molar-refractivity contribution is -0.137. The van der Waals surface area contributed by atoms with E-state index in [4.69, 9.17) is 0 Å². The van der Waals surface area contributed by atoms with Gasteiger partial charge in [0, 0.05) is 27.7 Å². The number of aromatic nitrogens is 3. The van der Waals surface area contributed by atoms with Crippen molar-refractivity contribution in [2.75, 3.05) is 14.1 Å². The lowest BCUT2D eigenvalue weighted by Crippen LogP contribution is -2.38. The van der Waals surface area contributed by atoms with E-state index in [0.29, 0.717) is 19.0 Å². The zero-order valence-corrected chi connectivity index (χ0v) is 17.3. The van der Waals surface area contributed by atoms with Crippen LogP contribution in [0.5, 0.6) is 0 Å². The summed E-state index contributed by atoms with van der Waals surface area (Å²) in [6.07, 6.45) is -4.32. The van der Waals surface area contributed by atoms with Gasteiger partial charge in [-0.3, -0.25) is 4.99 Å². The maximum atomic E-state index is 12.6. The van der Waals surface area contributed by atoms with Crippen molar-refractivity contribution in [1.29, 1.82) is 0 Å². The molecule has 0 atom stereocenters. The number of benzene rings is 1. The van der Waals surface area contributed by atoms with Gasteiger partial charge >= 0.3 is 6.18 Å². The van der Waals surface area contributed by atoms with Crippen LogP contribution in [-0.4, -0.2) is 39.7 Å². The second kappa shape index (κ2) is 9.19. The number of aliphatic imine (C=N–C) groups is 1. The molecule has 1 N–H and O–H groups in total. The molecule has 10 heteroatoms. The first-order valence-electron chi connectivity index (χ1n) is 7.65. The van der Waals surface area contributed by atoms with Crippen molar-refractivity contribution in [2.24, 2.45) is 12.0 Å². The van der Waals surface area contributed by atoms with Crippen molar-refractivity contribution in [2.45, 2.75) is 26.2 Å². The number of nitrogens with zero attached hydrogens (tertiary/aromatic N) is 5. The number of alkyl halides is 3. The molecule has 2 aromatic rings. The van der Waals surface area contributed by atoms with Crippen LogP contribution in [0.2, 0.25) is 0 Å². The Hall–Kier alpha value is -1.85. The summed E-state index contributed by atoms with van der Waals surface area (Å²) < 4.78 is 39.7. The van der Waals surface area contributed by atoms with E-state index < -0.39 is 11.7 Å². The van der Waals surface area contributed by atoms with E-state index in [9.17, 15) is 13.2 Å². The Morgan fingerprint density at radius 1 is 1.23 bits per heavy atom. The lowest BCUT2D eigenvalue weighted by Gasteiger charge is -2.22. The summed E-state index contributed by atoms with van der Waals surface area (Å²) in [5.41, 5.74) is 0.104. The monoisotopic (exact) mass is 482 g/mol. The summed E-state index contributed by atoms with van der Waals surface area (Å²) in [4.78, 5) is 6.01. The van der Waals surface area contributed by atoms with Gasteiger partial charge in [-0.1, -0.05) is 12.1 Å². The van der Waals surface area contributed by atoms with Crippen molar-refractivity contribution in [3.63, 3.8) is 0 Å². The molecule has 144 valence electrons. The van der Waals surface area contributed by atoms with Crippen LogP contribution >= 0.6 is 24.0 Å². The highest BCUT2D eigenvalue weighted by Crippen LogP contribution is 2.29. The standard InChI is InChI=1S/C16H21F3N6.HI/c1-11-22-23-14(25(11)4)9-21-15(20-2)24(3)10-12-5-7-13(8-6-12)16(17,18)19;/h5-8H,9-10H2,1-4H3,(H,20,21);1H. The van der Waals surface area contributed by atoms with Gasteiger partial charge in [0.15, 0.2) is 11.8 Å². The molecule has 0 bridgehead atoms. The zero-order chi connectivity index (χ0) is 18.6. The Morgan fingerprint density at radius 2 is 1.85 bits per heavy atom. The number of aryl methyl sites for hydroxylation is 1. The van der Waals surface area contributed by atoms with Crippen LogP contribution in [0.4, 0.5) is 13.2 Å². The molecule has 0 saturated carbocycles. The molecular formula is C16H22F3IN6. The molecule has 0 aliphatic rings. The predicted molar refractivity (Wildman–Crippen MR) is 104 cm³/mol. The Bertz CT molecular complexity index is 739. The maximum absolute atomic E-state index is 12.6. The summed E-state index contributed by atoms with van der Waals surface area (Å²) in [6, 6.07) is 5.11. The van der Waals surface area contributed by atoms with Crippen molar-refractivity contribution < 1.29 is 13.2 Å². The van der Waals surface area contributed by atoms with Gasteiger partial charge in [0.2, 0.25) is 0 Å². The lowest BCUT2D eigenvalue weighted by atomic mass is 10.1. The minimum atomic E-state index is -4.32. The quantitative estimate of drug-likeness (QED) is 0.414. The first kappa shape index (κ1) is 22.2. The van der Waals surface area contributed by atoms with Crippen LogP contribution in [0.25, 0.3) is 0 Å². The van der Waals surface area contributed by atoms with Crippen LogP contribution in [0.1, 0.15) is 22.8 Å². The summed E-state index contributed by atoms with van der Waals surface area (Å²) in [7, 11) is 5.34. The highest BCUT2D eigenvalue weighted by atomic mass is 127. The van der Waals surface area contributed by atoms with Crippen molar-refractivity contribution in [3.8, 4) is 0 Å². The summed E-state index contributed by atoms with van der Waals surface area (Å²) in [5, 5.41) is 11.2. The fourth-order valence-corrected chi connectivity index (χ4v) is 2.30. The van der Waals surface area contributed by atoms with Crippen LogP contribution in [-0.2, 0) is 26.3 Å². The molecule has 1 aromatic carbocycles. The topological polar surface area (TPSA) is 58.3 Å². The highest BCUT2D eigenvalue weighted by Gasteiger charge is 2.29. The third-order valence-corrected chi connectivity index (χ3v) is 3.86. The van der Waals surface area contributed by atoms with E-state index >= 15 is 0 Å². The molecule has 0 fully saturated rings. The summed E-state index contributed by atoms with van der Waals surface area (Å²) >= 11 is 0. The minimum absolute atomic E-state index is 0. The number of hydrogen-bond donors (Lipinski definition) is 1. The number of halogens is 4. The predicted octanol–water partition coefficient (Wildman–Crippen LogP) is 2.97. The third kappa shape index (κ3) is 5.58. The number of hydrogen-bond acceptors (Lipinski definition) is 3. The molecule has 6 nitrogen and oxygen atoms in total. The van der Waals surface area contributed by atoms with Crippen molar-refractivity contribution in [3.05, 3.63) is 47.0 Å². The van der Waals surface area contributed by atoms with Gasteiger partial charge in [0.25, 0.3) is 0 Å². The van der Waals surface area contributed by atoms with Crippen LogP contribution < -0.4 is 5.32 Å². The molecule has 0 aliphatic carbocycles. The van der Waals surface area contributed by atoms with Crippen molar-refractivity contribution in [1.82, 2.24) is 25.0 Å². The molecule has 26 heavy (non-hydrogen) atoms. The maximum Gasteiger partial charge on any atom is 0.416 e. The molecule has 2 rings (SSSR count). The SMILES string of the molecule is CN=C(NCc1nnc(C)n1C)N(C)Cc1ccc(C(F)(F)F)cc1.I. The smallest absolute Gasteiger partial charge is 0.349 e. The first-order chi connectivity index (χ1) is 11.7. The Labute approximate surface area is 167 Å². The first-order valence-corrected chi connectivity index (χ1v) is 7.65. The molecule has 0 aliphatic heterocycles. The average molecular weight is 482 g/mol. The molecule has 0 radical (unpaired) electrons. The zero-order valence-electron chi connectivity index (χ0n) is 15.0. The number of nitrogens with one attached hydrogen (secondary N) is 1. The van der Waals surface area contributed by atoms with Gasteiger partial charge in [-0.25, -0.2) is 0 Å². The van der Waals surface area contributed by atoms with Gasteiger partial charge in [-0.05, 0) is 24.6 Å². The molecule has 1 aromatic heterocycles. The normalized spacial score (nSPS) is 11.9. The van der Waals surface area contributed by atoms with E-state index in [0.717, 1.165) is 29.3 Å². The Kier molecular flexibility index (Phi) is 7.85. The second-order valence-electron chi connectivity index (χ2n) is 5.67. The van der Waals surface area contributed by atoms with E-state index in [1.165, 1.54) is 12.1 Å². The average Bonchev–Trinajstić information content (AvgIpc) is 2.87. The third-order valence-electron chi connectivity index (χ3n) is 3.86. The summed E-state index contributed by atoms with van der Waals surface area (Å²) in [5.74, 6) is 2.19. The van der Waals surface area contributed by atoms with Gasteiger partial charge in [0.05, 0.1) is 12.1 Å². The van der Waals surface area contributed by atoms with Crippen LogP contribution in [0.3, 0.4) is 0 Å². The molecule has 0 amide bonds. The molecule has 1 heterocycles.